The number of aliphatic hydroxyl groups excluding tert-OH is 2. The van der Waals surface area contributed by atoms with Crippen molar-refractivity contribution in [2.75, 3.05) is 33.0 Å². The van der Waals surface area contributed by atoms with E-state index in [0.29, 0.717) is 13.0 Å². The third kappa shape index (κ3) is 36.5. The number of esters is 1. The summed E-state index contributed by atoms with van der Waals surface area (Å²) in [7, 11) is -4.52. The molecular weight excluding hydrogens is 655 g/mol. The topological polar surface area (TPSA) is 132 Å². The van der Waals surface area contributed by atoms with E-state index in [9.17, 15) is 19.4 Å². The van der Waals surface area contributed by atoms with Gasteiger partial charge in [-0.1, -0.05) is 134 Å². The largest absolute Gasteiger partial charge is 0.472 e. The van der Waals surface area contributed by atoms with Gasteiger partial charge in [-0.15, -0.1) is 0 Å². The molecule has 0 aromatic rings. The van der Waals surface area contributed by atoms with Crippen LogP contribution in [-0.4, -0.2) is 66.3 Å². The maximum absolute atomic E-state index is 12.5. The lowest BCUT2D eigenvalue weighted by Crippen LogP contribution is -2.29. The van der Waals surface area contributed by atoms with Crippen molar-refractivity contribution in [3.63, 3.8) is 0 Å². The molecule has 0 spiro atoms. The molecule has 0 amide bonds. The summed E-state index contributed by atoms with van der Waals surface area (Å²) in [6, 6.07) is 0. The molecule has 0 heterocycles. The van der Waals surface area contributed by atoms with Crippen LogP contribution in [0.2, 0.25) is 0 Å². The Balaban J connectivity index is 4.23. The fraction of sp³-hybridized carbons (Fsp3) is 0.825. The molecule has 10 heteroatoms. The van der Waals surface area contributed by atoms with E-state index >= 15 is 0 Å². The van der Waals surface area contributed by atoms with Crippen LogP contribution in [0.1, 0.15) is 168 Å². The minimum Gasteiger partial charge on any atom is -0.457 e. The van der Waals surface area contributed by atoms with Crippen molar-refractivity contribution in [1.82, 2.24) is 0 Å². The Morgan fingerprint density at radius 3 is 1.70 bits per heavy atom. The zero-order chi connectivity index (χ0) is 36.8. The highest BCUT2D eigenvalue weighted by Crippen LogP contribution is 2.43. The van der Waals surface area contributed by atoms with Gasteiger partial charge in [-0.05, 0) is 64.2 Å². The molecule has 0 aliphatic heterocycles. The highest BCUT2D eigenvalue weighted by Gasteiger charge is 2.26. The average Bonchev–Trinajstić information content (AvgIpc) is 3.10. The summed E-state index contributed by atoms with van der Waals surface area (Å²) in [4.78, 5) is 22.5. The summed E-state index contributed by atoms with van der Waals surface area (Å²) < 4.78 is 33.2. The first kappa shape index (κ1) is 48.7. The molecule has 0 saturated heterocycles. The monoisotopic (exact) mass is 731 g/mol. The van der Waals surface area contributed by atoms with E-state index in [1.807, 2.05) is 0 Å². The molecule has 294 valence electrons. The SMILES string of the molecule is CCC/C=C\C/C=C\CCCCCCCC(=O)OC(COCCCCCCCC/C=C\CCCCCCCC)COP(=O)(O)OCC(O)CO. The van der Waals surface area contributed by atoms with Crippen LogP contribution in [0.4, 0.5) is 0 Å². The number of unbranched alkanes of at least 4 members (excludes halogenated alkanes) is 18. The molecule has 0 rings (SSSR count). The summed E-state index contributed by atoms with van der Waals surface area (Å²) in [5, 5.41) is 18.3. The molecule has 9 nitrogen and oxygen atoms in total. The Hall–Kier alpha value is -1.32. The molecule has 0 saturated carbocycles. The molecule has 0 aromatic heterocycles. The van der Waals surface area contributed by atoms with E-state index < -0.39 is 39.2 Å². The second-order valence-electron chi connectivity index (χ2n) is 13.3. The van der Waals surface area contributed by atoms with E-state index in [1.54, 1.807) is 0 Å². The first-order valence-corrected chi connectivity index (χ1v) is 21.5. The zero-order valence-electron chi connectivity index (χ0n) is 31.9. The number of aliphatic hydroxyl groups is 2. The lowest BCUT2D eigenvalue weighted by atomic mass is 10.1. The molecule has 0 aliphatic carbocycles. The van der Waals surface area contributed by atoms with E-state index in [0.717, 1.165) is 70.6 Å². The number of hydrogen-bond donors (Lipinski definition) is 3. The maximum Gasteiger partial charge on any atom is 0.472 e. The summed E-state index contributed by atoms with van der Waals surface area (Å²) >= 11 is 0. The second kappa shape index (κ2) is 37.4. The van der Waals surface area contributed by atoms with Crippen LogP contribution in [0.15, 0.2) is 36.5 Å². The van der Waals surface area contributed by atoms with Crippen molar-refractivity contribution >= 4 is 13.8 Å². The van der Waals surface area contributed by atoms with Gasteiger partial charge in [0.25, 0.3) is 0 Å². The third-order valence-electron chi connectivity index (χ3n) is 8.28. The Morgan fingerprint density at radius 2 is 1.12 bits per heavy atom. The van der Waals surface area contributed by atoms with Gasteiger partial charge in [-0.3, -0.25) is 13.8 Å². The zero-order valence-corrected chi connectivity index (χ0v) is 32.8. The number of rotatable bonds is 38. The molecule has 50 heavy (non-hydrogen) atoms. The van der Waals surface area contributed by atoms with Crippen LogP contribution in [0.25, 0.3) is 0 Å². The van der Waals surface area contributed by atoms with Gasteiger partial charge in [0.15, 0.2) is 0 Å². The fourth-order valence-electron chi connectivity index (χ4n) is 5.21. The van der Waals surface area contributed by atoms with Crippen molar-refractivity contribution in [3.05, 3.63) is 36.5 Å². The molecule has 0 fully saturated rings. The van der Waals surface area contributed by atoms with Gasteiger partial charge in [0.05, 0.1) is 26.4 Å². The van der Waals surface area contributed by atoms with Crippen LogP contribution in [-0.2, 0) is 27.9 Å². The van der Waals surface area contributed by atoms with Crippen LogP contribution < -0.4 is 0 Å². The Kier molecular flexibility index (Phi) is 36.4. The molecule has 0 bridgehead atoms. The Bertz CT molecular complexity index is 877. The van der Waals surface area contributed by atoms with Crippen molar-refractivity contribution in [2.24, 2.45) is 0 Å². The van der Waals surface area contributed by atoms with Gasteiger partial charge >= 0.3 is 13.8 Å². The highest BCUT2D eigenvalue weighted by atomic mass is 31.2. The van der Waals surface area contributed by atoms with Crippen LogP contribution in [0.5, 0.6) is 0 Å². The van der Waals surface area contributed by atoms with Gasteiger partial charge in [-0.2, -0.15) is 0 Å². The van der Waals surface area contributed by atoms with Crippen LogP contribution in [0, 0.1) is 0 Å². The molecule has 0 radical (unpaired) electrons. The summed E-state index contributed by atoms with van der Waals surface area (Å²) in [5.41, 5.74) is 0. The van der Waals surface area contributed by atoms with E-state index in [4.69, 9.17) is 23.6 Å². The second-order valence-corrected chi connectivity index (χ2v) is 14.7. The molecule has 3 atom stereocenters. The number of carbonyl (C=O) groups excluding carboxylic acids is 1. The third-order valence-corrected chi connectivity index (χ3v) is 9.23. The van der Waals surface area contributed by atoms with E-state index in [-0.39, 0.29) is 19.6 Å². The van der Waals surface area contributed by atoms with Crippen LogP contribution in [0.3, 0.4) is 0 Å². The number of phosphoric ester groups is 1. The van der Waals surface area contributed by atoms with Crippen molar-refractivity contribution in [3.8, 4) is 0 Å². The quantitative estimate of drug-likeness (QED) is 0.0246. The molecule has 0 aromatic carbocycles. The predicted molar refractivity (Wildman–Crippen MR) is 205 cm³/mol. The van der Waals surface area contributed by atoms with Crippen molar-refractivity contribution < 1.29 is 43.0 Å². The standard InChI is InChI=1S/C40H75O9P/c1-3-5-7-9-11-13-15-17-18-19-21-23-25-27-29-31-33-46-36-39(37-48-50(44,45)47-35-38(42)34-41)49-40(43)32-30-28-26-24-22-20-16-14-12-10-8-6-4-2/h8,10,14,16-18,38-39,41-42H,3-7,9,11-13,15,19-37H2,1-2H3,(H,44,45)/b10-8-,16-14-,18-17-. The van der Waals surface area contributed by atoms with Crippen LogP contribution >= 0.6 is 7.82 Å². The maximum atomic E-state index is 12.5. The number of hydrogen-bond acceptors (Lipinski definition) is 8. The minimum atomic E-state index is -4.52. The number of allylic oxidation sites excluding steroid dienone is 6. The van der Waals surface area contributed by atoms with Crippen molar-refractivity contribution in [2.45, 2.75) is 180 Å². The van der Waals surface area contributed by atoms with Crippen molar-refractivity contribution in [1.29, 1.82) is 0 Å². The summed E-state index contributed by atoms with van der Waals surface area (Å²) in [6.07, 6.45) is 38.1. The predicted octanol–water partition coefficient (Wildman–Crippen LogP) is 10.5. The van der Waals surface area contributed by atoms with Gasteiger partial charge in [0.2, 0.25) is 0 Å². The average molecular weight is 731 g/mol. The van der Waals surface area contributed by atoms with Gasteiger partial charge in [0, 0.05) is 13.0 Å². The fourth-order valence-corrected chi connectivity index (χ4v) is 6.00. The van der Waals surface area contributed by atoms with E-state index in [1.165, 1.54) is 70.6 Å². The number of ether oxygens (including phenoxy) is 2. The number of carbonyl (C=O) groups is 1. The highest BCUT2D eigenvalue weighted by molar-refractivity contribution is 7.47. The normalized spacial score (nSPS) is 14.6. The van der Waals surface area contributed by atoms with Gasteiger partial charge in [0.1, 0.15) is 12.2 Å². The minimum absolute atomic E-state index is 0.0397. The Labute approximate surface area is 305 Å². The molecule has 3 N–H and O–H groups in total. The lowest BCUT2D eigenvalue weighted by Gasteiger charge is -2.20. The smallest absolute Gasteiger partial charge is 0.457 e. The molecule has 3 unspecified atom stereocenters. The first-order chi connectivity index (χ1) is 24.3. The summed E-state index contributed by atoms with van der Waals surface area (Å²) in [5.74, 6) is -0.400. The Morgan fingerprint density at radius 1 is 0.620 bits per heavy atom. The van der Waals surface area contributed by atoms with Gasteiger partial charge < -0.3 is 24.6 Å². The first-order valence-electron chi connectivity index (χ1n) is 20.0. The van der Waals surface area contributed by atoms with E-state index in [2.05, 4.69) is 50.3 Å². The summed E-state index contributed by atoms with van der Waals surface area (Å²) in [6.45, 7) is 3.41. The van der Waals surface area contributed by atoms with Gasteiger partial charge in [-0.25, -0.2) is 4.57 Å². The number of phosphoric acid groups is 1. The molecule has 0 aliphatic rings. The molecular formula is C40H75O9P. The lowest BCUT2D eigenvalue weighted by molar-refractivity contribution is -0.154.